The number of hydrogen-bond donors (Lipinski definition) is 1. The fourth-order valence-corrected chi connectivity index (χ4v) is 2.60. The van der Waals surface area contributed by atoms with Crippen LogP contribution in [0, 0.1) is 0 Å². The molecule has 0 bridgehead atoms. The van der Waals surface area contributed by atoms with E-state index in [1.54, 1.807) is 0 Å². The van der Waals surface area contributed by atoms with Crippen LogP contribution in [0.15, 0.2) is 52.0 Å². The first-order chi connectivity index (χ1) is 14.0. The van der Waals surface area contributed by atoms with E-state index in [2.05, 4.69) is 23.5 Å². The number of alkyl halides is 3. The molecule has 2 aromatic rings. The average Bonchev–Trinajstić information content (AvgIpc) is 2.66. The standard InChI is InChI=1S/C17H15ClF3N5O4/c1-3-5-24-14(28)25(6-4-2)16(30)26(15(24)29)9-12(27)23-13-11(18)7-10(8-22-13)17(19,20)21/h3-4,7-8H,1-2,5-6,9H2,(H,22,23,27). The summed E-state index contributed by atoms with van der Waals surface area (Å²) in [5.74, 6) is -1.37. The number of halogens is 4. The topological polar surface area (TPSA) is 108 Å². The zero-order valence-corrected chi connectivity index (χ0v) is 16.0. The van der Waals surface area contributed by atoms with Gasteiger partial charge in [0.2, 0.25) is 5.91 Å². The maximum absolute atomic E-state index is 12.7. The molecule has 1 N–H and O–H groups in total. The lowest BCUT2D eigenvalue weighted by Gasteiger charge is -2.13. The van der Waals surface area contributed by atoms with Gasteiger partial charge in [0.25, 0.3) is 0 Å². The summed E-state index contributed by atoms with van der Waals surface area (Å²) in [5, 5.41) is 1.63. The SMILES string of the molecule is C=CCn1c(=O)n(CC=C)c(=O)n(CC(=O)Nc2ncc(C(F)(F)F)cc2Cl)c1=O. The van der Waals surface area contributed by atoms with E-state index in [1.165, 1.54) is 12.2 Å². The summed E-state index contributed by atoms with van der Waals surface area (Å²) in [6, 6.07) is 0.567. The van der Waals surface area contributed by atoms with Crippen LogP contribution in [0.5, 0.6) is 0 Å². The van der Waals surface area contributed by atoms with Crippen molar-refractivity contribution in [2.45, 2.75) is 25.8 Å². The van der Waals surface area contributed by atoms with Gasteiger partial charge in [0, 0.05) is 6.20 Å². The molecule has 0 unspecified atom stereocenters. The number of amides is 1. The lowest BCUT2D eigenvalue weighted by atomic mass is 10.3. The van der Waals surface area contributed by atoms with Gasteiger partial charge in [0.15, 0.2) is 5.82 Å². The molecule has 0 aliphatic heterocycles. The molecule has 30 heavy (non-hydrogen) atoms. The molecule has 2 rings (SSSR count). The van der Waals surface area contributed by atoms with Crippen molar-refractivity contribution < 1.29 is 18.0 Å². The van der Waals surface area contributed by atoms with Crippen LogP contribution in [0.1, 0.15) is 5.56 Å². The van der Waals surface area contributed by atoms with E-state index in [0.29, 0.717) is 26.0 Å². The van der Waals surface area contributed by atoms with Gasteiger partial charge < -0.3 is 5.32 Å². The highest BCUT2D eigenvalue weighted by Crippen LogP contribution is 2.32. The fraction of sp³-hybridized carbons (Fsp3) is 0.235. The quantitative estimate of drug-likeness (QED) is 0.645. The third-order valence-corrected chi connectivity index (χ3v) is 4.02. The van der Waals surface area contributed by atoms with Crippen molar-refractivity contribution in [2.24, 2.45) is 0 Å². The fourth-order valence-electron chi connectivity index (χ4n) is 2.39. The lowest BCUT2D eigenvalue weighted by molar-refractivity contribution is -0.137. The number of hydrogen-bond acceptors (Lipinski definition) is 5. The molecule has 0 saturated carbocycles. The van der Waals surface area contributed by atoms with Crippen molar-refractivity contribution in [1.29, 1.82) is 0 Å². The highest BCUT2D eigenvalue weighted by atomic mass is 35.5. The highest BCUT2D eigenvalue weighted by molar-refractivity contribution is 6.33. The van der Waals surface area contributed by atoms with Crippen molar-refractivity contribution in [1.82, 2.24) is 18.7 Å². The third-order valence-electron chi connectivity index (χ3n) is 3.74. The number of nitrogens with one attached hydrogen (secondary N) is 1. The zero-order valence-electron chi connectivity index (χ0n) is 15.3. The largest absolute Gasteiger partial charge is 0.417 e. The van der Waals surface area contributed by atoms with Gasteiger partial charge in [-0.25, -0.2) is 33.1 Å². The molecule has 0 atom stereocenters. The van der Waals surface area contributed by atoms with Crippen LogP contribution in [0.25, 0.3) is 0 Å². The molecule has 2 heterocycles. The molecule has 2 aromatic heterocycles. The predicted molar refractivity (Wildman–Crippen MR) is 102 cm³/mol. The smallest absolute Gasteiger partial charge is 0.308 e. The first kappa shape index (κ1) is 22.9. The minimum Gasteiger partial charge on any atom is -0.308 e. The van der Waals surface area contributed by atoms with Crippen molar-refractivity contribution >= 4 is 23.3 Å². The molecule has 160 valence electrons. The van der Waals surface area contributed by atoms with E-state index < -0.39 is 52.1 Å². The first-order valence-electron chi connectivity index (χ1n) is 8.20. The van der Waals surface area contributed by atoms with Crippen LogP contribution in [0.4, 0.5) is 19.0 Å². The van der Waals surface area contributed by atoms with Crippen LogP contribution in [-0.4, -0.2) is 24.6 Å². The van der Waals surface area contributed by atoms with E-state index in [9.17, 15) is 32.3 Å². The zero-order chi connectivity index (χ0) is 22.6. The van der Waals surface area contributed by atoms with E-state index in [1.807, 2.05) is 0 Å². The van der Waals surface area contributed by atoms with Crippen LogP contribution in [0.3, 0.4) is 0 Å². The van der Waals surface area contributed by atoms with Crippen LogP contribution >= 0.6 is 11.6 Å². The summed E-state index contributed by atoms with van der Waals surface area (Å²) in [4.78, 5) is 52.9. The molecule has 0 aliphatic rings. The Bertz CT molecular complexity index is 1130. The van der Waals surface area contributed by atoms with Crippen molar-refractivity contribution in [3.63, 3.8) is 0 Å². The van der Waals surface area contributed by atoms with Crippen LogP contribution < -0.4 is 22.4 Å². The number of anilines is 1. The second-order valence-electron chi connectivity index (χ2n) is 5.83. The summed E-state index contributed by atoms with van der Waals surface area (Å²) in [7, 11) is 0. The molecular formula is C17H15ClF3N5O4. The maximum atomic E-state index is 12.7. The minimum absolute atomic E-state index is 0.219. The summed E-state index contributed by atoms with van der Waals surface area (Å²) < 4.78 is 39.9. The predicted octanol–water partition coefficient (Wildman–Crippen LogP) is 1.25. The monoisotopic (exact) mass is 445 g/mol. The first-order valence-corrected chi connectivity index (χ1v) is 8.58. The van der Waals surface area contributed by atoms with E-state index in [-0.39, 0.29) is 13.1 Å². The number of nitrogens with zero attached hydrogens (tertiary/aromatic N) is 4. The van der Waals surface area contributed by atoms with Gasteiger partial charge >= 0.3 is 23.2 Å². The summed E-state index contributed by atoms with van der Waals surface area (Å²) >= 11 is 5.72. The number of carbonyl (C=O) groups is 1. The van der Waals surface area contributed by atoms with Gasteiger partial charge in [0.05, 0.1) is 23.7 Å². The Labute approximate surface area is 171 Å². The van der Waals surface area contributed by atoms with E-state index in [4.69, 9.17) is 11.6 Å². The normalized spacial score (nSPS) is 11.2. The summed E-state index contributed by atoms with van der Waals surface area (Å²) in [6.07, 6.45) is -1.71. The number of pyridine rings is 1. The number of allylic oxidation sites excluding steroid dienone is 2. The molecule has 0 radical (unpaired) electrons. The summed E-state index contributed by atoms with van der Waals surface area (Å²) in [6.45, 7) is 5.56. The van der Waals surface area contributed by atoms with Gasteiger partial charge in [-0.05, 0) is 6.07 Å². The minimum atomic E-state index is -4.68. The molecular weight excluding hydrogens is 431 g/mol. The van der Waals surface area contributed by atoms with E-state index in [0.717, 1.165) is 0 Å². The van der Waals surface area contributed by atoms with Gasteiger partial charge in [0.1, 0.15) is 6.54 Å². The molecule has 1 amide bonds. The van der Waals surface area contributed by atoms with Crippen LogP contribution in [0.2, 0.25) is 5.02 Å². The van der Waals surface area contributed by atoms with E-state index >= 15 is 0 Å². The second-order valence-corrected chi connectivity index (χ2v) is 6.24. The Hall–Kier alpha value is -3.41. The molecule has 0 fully saturated rings. The Morgan fingerprint density at radius 3 is 2.00 bits per heavy atom. The van der Waals surface area contributed by atoms with Crippen molar-refractivity contribution in [3.05, 3.63) is 79.6 Å². The van der Waals surface area contributed by atoms with Gasteiger partial charge in [-0.1, -0.05) is 23.8 Å². The number of carbonyl (C=O) groups excluding carboxylic acids is 1. The maximum Gasteiger partial charge on any atom is 0.417 e. The Balaban J connectivity index is 2.41. The molecule has 0 aromatic carbocycles. The molecule has 0 spiro atoms. The third kappa shape index (κ3) is 4.76. The van der Waals surface area contributed by atoms with Crippen molar-refractivity contribution in [2.75, 3.05) is 5.32 Å². The van der Waals surface area contributed by atoms with Gasteiger partial charge in [-0.3, -0.25) is 4.79 Å². The lowest BCUT2D eigenvalue weighted by Crippen LogP contribution is -2.55. The van der Waals surface area contributed by atoms with Gasteiger partial charge in [-0.2, -0.15) is 13.2 Å². The van der Waals surface area contributed by atoms with Crippen LogP contribution in [-0.2, 0) is 30.6 Å². The second kappa shape index (κ2) is 8.95. The Kier molecular flexibility index (Phi) is 6.82. The average molecular weight is 446 g/mol. The molecule has 0 aliphatic carbocycles. The Morgan fingerprint density at radius 1 is 1.07 bits per heavy atom. The molecule has 0 saturated heterocycles. The summed E-state index contributed by atoms with van der Waals surface area (Å²) in [5.41, 5.74) is -4.15. The Morgan fingerprint density at radius 2 is 1.57 bits per heavy atom. The van der Waals surface area contributed by atoms with Crippen molar-refractivity contribution in [3.8, 4) is 0 Å². The molecule has 13 heteroatoms. The highest BCUT2D eigenvalue weighted by Gasteiger charge is 2.31. The molecule has 9 nitrogen and oxygen atoms in total. The number of rotatable bonds is 7. The number of aromatic nitrogens is 4. The van der Waals surface area contributed by atoms with Gasteiger partial charge in [-0.15, -0.1) is 13.2 Å².